The first-order valence-corrected chi connectivity index (χ1v) is 7.76. The standard InChI is InChI=1S/C18H16ClN3O/c1-2-12-6-5-7-13(10-12)20-18(23)17-11-16(21-22-17)14-8-3-4-9-15(14)19/h3-11H,2H2,1H3,(H,20,23)(H,21,22). The number of nitrogens with one attached hydrogen (secondary N) is 2. The highest BCUT2D eigenvalue weighted by Gasteiger charge is 2.13. The second-order valence-electron chi connectivity index (χ2n) is 5.15. The fourth-order valence-corrected chi connectivity index (χ4v) is 2.54. The van der Waals surface area contributed by atoms with Crippen LogP contribution in [0.2, 0.25) is 5.02 Å². The summed E-state index contributed by atoms with van der Waals surface area (Å²) in [6.07, 6.45) is 0.921. The number of nitrogens with zero attached hydrogens (tertiary/aromatic N) is 1. The van der Waals surface area contributed by atoms with Crippen LogP contribution in [0, 0.1) is 0 Å². The van der Waals surface area contributed by atoms with Crippen molar-refractivity contribution in [1.82, 2.24) is 10.2 Å². The van der Waals surface area contributed by atoms with Gasteiger partial charge in [0.2, 0.25) is 0 Å². The van der Waals surface area contributed by atoms with Crippen LogP contribution in [0.4, 0.5) is 5.69 Å². The predicted octanol–water partition coefficient (Wildman–Crippen LogP) is 4.54. The Morgan fingerprint density at radius 2 is 2.00 bits per heavy atom. The van der Waals surface area contributed by atoms with Gasteiger partial charge in [-0.1, -0.05) is 48.9 Å². The van der Waals surface area contributed by atoms with Gasteiger partial charge < -0.3 is 5.32 Å². The molecule has 116 valence electrons. The van der Waals surface area contributed by atoms with Crippen LogP contribution in [-0.2, 0) is 6.42 Å². The highest BCUT2D eigenvalue weighted by Crippen LogP contribution is 2.26. The lowest BCUT2D eigenvalue weighted by molar-refractivity contribution is 0.102. The van der Waals surface area contributed by atoms with E-state index in [1.807, 2.05) is 42.5 Å². The number of carbonyl (C=O) groups is 1. The van der Waals surface area contributed by atoms with Crippen LogP contribution in [0.25, 0.3) is 11.3 Å². The summed E-state index contributed by atoms with van der Waals surface area (Å²) >= 11 is 6.16. The minimum atomic E-state index is -0.232. The van der Waals surface area contributed by atoms with Gasteiger partial charge in [-0.15, -0.1) is 0 Å². The molecule has 0 unspecified atom stereocenters. The van der Waals surface area contributed by atoms with Crippen LogP contribution in [0.15, 0.2) is 54.6 Å². The first-order valence-electron chi connectivity index (χ1n) is 7.38. The highest BCUT2D eigenvalue weighted by molar-refractivity contribution is 6.33. The average Bonchev–Trinajstić information content (AvgIpc) is 3.05. The average molecular weight is 326 g/mol. The topological polar surface area (TPSA) is 57.8 Å². The molecule has 3 aromatic rings. The van der Waals surface area contributed by atoms with Gasteiger partial charge in [0.1, 0.15) is 5.69 Å². The zero-order valence-corrected chi connectivity index (χ0v) is 13.4. The van der Waals surface area contributed by atoms with Crippen molar-refractivity contribution in [2.75, 3.05) is 5.32 Å². The monoisotopic (exact) mass is 325 g/mol. The summed E-state index contributed by atoms with van der Waals surface area (Å²) in [6.45, 7) is 2.08. The molecular weight excluding hydrogens is 310 g/mol. The summed E-state index contributed by atoms with van der Waals surface area (Å²) < 4.78 is 0. The maximum atomic E-state index is 12.3. The molecule has 0 atom stereocenters. The summed E-state index contributed by atoms with van der Waals surface area (Å²) in [5.41, 5.74) is 3.76. The lowest BCUT2D eigenvalue weighted by Gasteiger charge is -2.05. The lowest BCUT2D eigenvalue weighted by atomic mass is 10.1. The highest BCUT2D eigenvalue weighted by atomic mass is 35.5. The molecule has 0 fully saturated rings. The molecule has 1 amide bonds. The number of amides is 1. The fraction of sp³-hybridized carbons (Fsp3) is 0.111. The van der Waals surface area contributed by atoms with E-state index >= 15 is 0 Å². The zero-order valence-electron chi connectivity index (χ0n) is 12.6. The second-order valence-corrected chi connectivity index (χ2v) is 5.56. The molecule has 0 saturated carbocycles. The quantitative estimate of drug-likeness (QED) is 0.739. The van der Waals surface area contributed by atoms with E-state index in [9.17, 15) is 4.79 Å². The van der Waals surface area contributed by atoms with Crippen molar-refractivity contribution in [1.29, 1.82) is 0 Å². The summed E-state index contributed by atoms with van der Waals surface area (Å²) in [5, 5.41) is 10.4. The van der Waals surface area contributed by atoms with E-state index in [-0.39, 0.29) is 5.91 Å². The van der Waals surface area contributed by atoms with Crippen molar-refractivity contribution in [2.45, 2.75) is 13.3 Å². The Bertz CT molecular complexity index is 842. The molecule has 0 saturated heterocycles. The molecule has 0 aliphatic carbocycles. The van der Waals surface area contributed by atoms with Crippen LogP contribution >= 0.6 is 11.6 Å². The second kappa shape index (κ2) is 6.67. The van der Waals surface area contributed by atoms with Gasteiger partial charge in [0.05, 0.1) is 10.7 Å². The normalized spacial score (nSPS) is 10.5. The van der Waals surface area contributed by atoms with Crippen molar-refractivity contribution >= 4 is 23.2 Å². The van der Waals surface area contributed by atoms with Crippen LogP contribution in [-0.4, -0.2) is 16.1 Å². The molecule has 0 aliphatic rings. The van der Waals surface area contributed by atoms with Gasteiger partial charge in [-0.3, -0.25) is 9.89 Å². The zero-order chi connectivity index (χ0) is 16.2. The molecule has 2 aromatic carbocycles. The van der Waals surface area contributed by atoms with E-state index in [1.54, 1.807) is 12.1 Å². The van der Waals surface area contributed by atoms with Crippen molar-refractivity contribution in [3.63, 3.8) is 0 Å². The molecule has 0 aliphatic heterocycles. The molecular formula is C18H16ClN3O. The van der Waals surface area contributed by atoms with Gasteiger partial charge in [-0.05, 0) is 36.2 Å². The van der Waals surface area contributed by atoms with E-state index < -0.39 is 0 Å². The third kappa shape index (κ3) is 3.43. The number of hydrogen-bond acceptors (Lipinski definition) is 2. The minimum absolute atomic E-state index is 0.232. The number of rotatable bonds is 4. The number of hydrogen-bond donors (Lipinski definition) is 2. The Morgan fingerprint density at radius 3 is 2.78 bits per heavy atom. The molecule has 0 spiro atoms. The summed E-state index contributed by atoms with van der Waals surface area (Å²) in [5.74, 6) is -0.232. The number of halogens is 1. The van der Waals surface area contributed by atoms with Crippen molar-refractivity contribution < 1.29 is 4.79 Å². The molecule has 3 rings (SSSR count). The number of benzene rings is 2. The largest absolute Gasteiger partial charge is 0.321 e. The number of aryl methyl sites for hydroxylation is 1. The van der Waals surface area contributed by atoms with Crippen LogP contribution in [0.1, 0.15) is 23.0 Å². The Morgan fingerprint density at radius 1 is 1.17 bits per heavy atom. The lowest BCUT2D eigenvalue weighted by Crippen LogP contribution is -2.12. The van der Waals surface area contributed by atoms with E-state index in [1.165, 1.54) is 5.56 Å². The van der Waals surface area contributed by atoms with Gasteiger partial charge in [0, 0.05) is 11.3 Å². The summed E-state index contributed by atoms with van der Waals surface area (Å²) in [6, 6.07) is 16.9. The van der Waals surface area contributed by atoms with Gasteiger partial charge in [-0.25, -0.2) is 0 Å². The fourth-order valence-electron chi connectivity index (χ4n) is 2.31. The van der Waals surface area contributed by atoms with E-state index in [0.29, 0.717) is 16.4 Å². The Kier molecular flexibility index (Phi) is 4.44. The number of aromatic amines is 1. The van der Waals surface area contributed by atoms with E-state index in [2.05, 4.69) is 22.4 Å². The first kappa shape index (κ1) is 15.3. The van der Waals surface area contributed by atoms with Gasteiger partial charge in [-0.2, -0.15) is 5.10 Å². The summed E-state index contributed by atoms with van der Waals surface area (Å²) in [4.78, 5) is 12.3. The molecule has 0 bridgehead atoms. The van der Waals surface area contributed by atoms with Crippen molar-refractivity contribution in [3.8, 4) is 11.3 Å². The third-order valence-electron chi connectivity index (χ3n) is 3.57. The van der Waals surface area contributed by atoms with Gasteiger partial charge in [0.15, 0.2) is 0 Å². The first-order chi connectivity index (χ1) is 11.2. The number of H-pyrrole nitrogens is 1. The molecule has 1 heterocycles. The SMILES string of the molecule is CCc1cccc(NC(=O)c2cc(-c3ccccc3Cl)n[nH]2)c1. The van der Waals surface area contributed by atoms with Crippen molar-refractivity contribution in [2.24, 2.45) is 0 Å². The van der Waals surface area contributed by atoms with Crippen LogP contribution in [0.3, 0.4) is 0 Å². The number of carbonyl (C=O) groups excluding carboxylic acids is 1. The molecule has 1 aromatic heterocycles. The van der Waals surface area contributed by atoms with Crippen LogP contribution in [0.5, 0.6) is 0 Å². The van der Waals surface area contributed by atoms with Gasteiger partial charge >= 0.3 is 0 Å². The Balaban J connectivity index is 1.80. The van der Waals surface area contributed by atoms with E-state index in [4.69, 9.17) is 11.6 Å². The maximum absolute atomic E-state index is 12.3. The minimum Gasteiger partial charge on any atom is -0.321 e. The molecule has 4 nitrogen and oxygen atoms in total. The molecule has 0 radical (unpaired) electrons. The summed E-state index contributed by atoms with van der Waals surface area (Å²) in [7, 11) is 0. The molecule has 5 heteroatoms. The number of anilines is 1. The maximum Gasteiger partial charge on any atom is 0.273 e. The number of aromatic nitrogens is 2. The van der Waals surface area contributed by atoms with Crippen molar-refractivity contribution in [3.05, 3.63) is 70.9 Å². The van der Waals surface area contributed by atoms with Crippen LogP contribution < -0.4 is 5.32 Å². The van der Waals surface area contributed by atoms with E-state index in [0.717, 1.165) is 17.7 Å². The molecule has 23 heavy (non-hydrogen) atoms. The molecule has 2 N–H and O–H groups in total. The predicted molar refractivity (Wildman–Crippen MR) is 92.8 cm³/mol. The smallest absolute Gasteiger partial charge is 0.273 e. The van der Waals surface area contributed by atoms with Gasteiger partial charge in [0.25, 0.3) is 5.91 Å². The third-order valence-corrected chi connectivity index (χ3v) is 3.89. The Labute approximate surface area is 139 Å². The Hall–Kier alpha value is -2.59.